The van der Waals surface area contributed by atoms with Gasteiger partial charge < -0.3 is 14.9 Å². The van der Waals surface area contributed by atoms with Crippen LogP contribution in [0.25, 0.3) is 0 Å². The van der Waals surface area contributed by atoms with Gasteiger partial charge in [0.15, 0.2) is 11.5 Å². The van der Waals surface area contributed by atoms with Crippen molar-refractivity contribution in [1.29, 1.82) is 0 Å². The molecule has 0 saturated carbocycles. The Morgan fingerprint density at radius 3 is 2.13 bits per heavy atom. The first-order chi connectivity index (χ1) is 18.1. The van der Waals surface area contributed by atoms with E-state index in [1.165, 1.54) is 24.3 Å². The molecule has 192 valence electrons. The van der Waals surface area contributed by atoms with Crippen LogP contribution in [0.1, 0.15) is 26.3 Å². The summed E-state index contributed by atoms with van der Waals surface area (Å²) in [6.45, 7) is -0.556. The number of carbonyl (C=O) groups excluding carboxylic acids is 2. The molecule has 0 unspecified atom stereocenters. The molecule has 0 bridgehead atoms. The average molecular weight is 660 g/mol. The number of carboxylic acid groups (broad SMARTS) is 1. The van der Waals surface area contributed by atoms with Crippen LogP contribution in [-0.4, -0.2) is 34.4 Å². The molecule has 0 atom stereocenters. The van der Waals surface area contributed by atoms with Crippen LogP contribution in [-0.2, 0) is 4.79 Å². The first-order valence-electron chi connectivity index (χ1n) is 11.0. The number of anilines is 1. The molecule has 0 aliphatic heterocycles. The van der Waals surface area contributed by atoms with Gasteiger partial charge in [0.25, 0.3) is 5.91 Å². The Hall–Kier alpha value is -3.66. The zero-order valence-electron chi connectivity index (χ0n) is 19.4. The van der Waals surface area contributed by atoms with Gasteiger partial charge >= 0.3 is 5.97 Å². The Balaban J connectivity index is 1.65. The van der Waals surface area contributed by atoms with E-state index in [4.69, 9.17) is 16.3 Å². The highest BCUT2D eigenvalue weighted by Gasteiger charge is 2.23. The molecule has 0 fully saturated rings. The monoisotopic (exact) mass is 657 g/mol. The van der Waals surface area contributed by atoms with Crippen LogP contribution in [0.5, 0.6) is 17.2 Å². The normalized spacial score (nSPS) is 10.6. The van der Waals surface area contributed by atoms with Gasteiger partial charge in [-0.15, -0.1) is 0 Å². The largest absolute Gasteiger partial charge is 0.507 e. The number of nitrogens with zero attached hydrogens (tertiary/aromatic N) is 1. The third kappa shape index (κ3) is 6.24. The first-order valence-corrected chi connectivity index (χ1v) is 13.0. The van der Waals surface area contributed by atoms with Crippen molar-refractivity contribution < 1.29 is 29.3 Å². The molecule has 7 nitrogen and oxygen atoms in total. The number of aliphatic carboxylic acids is 1. The van der Waals surface area contributed by atoms with E-state index in [0.29, 0.717) is 36.5 Å². The van der Waals surface area contributed by atoms with Gasteiger partial charge in [-0.3, -0.25) is 19.3 Å². The van der Waals surface area contributed by atoms with Crippen LogP contribution in [0.2, 0.25) is 5.02 Å². The Morgan fingerprint density at radius 2 is 1.50 bits per heavy atom. The second-order valence-corrected chi connectivity index (χ2v) is 10.2. The van der Waals surface area contributed by atoms with Crippen LogP contribution in [0.3, 0.4) is 0 Å². The van der Waals surface area contributed by atoms with Crippen LogP contribution < -0.4 is 9.64 Å². The average Bonchev–Trinajstić information content (AvgIpc) is 2.89. The summed E-state index contributed by atoms with van der Waals surface area (Å²) in [4.78, 5) is 38.7. The Bertz CT molecular complexity index is 1520. The van der Waals surface area contributed by atoms with E-state index in [-0.39, 0.29) is 17.1 Å². The minimum atomic E-state index is -1.18. The quantitative estimate of drug-likeness (QED) is 0.192. The van der Waals surface area contributed by atoms with E-state index in [2.05, 4.69) is 31.9 Å². The van der Waals surface area contributed by atoms with Crippen molar-refractivity contribution in [3.63, 3.8) is 0 Å². The summed E-state index contributed by atoms with van der Waals surface area (Å²) >= 11 is 12.9. The fraction of sp³-hybridized carbons (Fsp3) is 0.0357. The fourth-order valence-corrected chi connectivity index (χ4v) is 5.13. The molecule has 4 aromatic rings. The lowest BCUT2D eigenvalue weighted by Gasteiger charge is -2.22. The lowest BCUT2D eigenvalue weighted by atomic mass is 10.0. The predicted molar refractivity (Wildman–Crippen MR) is 151 cm³/mol. The molecule has 0 aliphatic rings. The summed E-state index contributed by atoms with van der Waals surface area (Å²) in [5.74, 6) is -1.76. The maximum atomic E-state index is 13.1. The van der Waals surface area contributed by atoms with Crippen molar-refractivity contribution in [3.8, 4) is 17.2 Å². The molecule has 0 radical (unpaired) electrons. The third-order valence-electron chi connectivity index (χ3n) is 5.37. The predicted octanol–water partition coefficient (Wildman–Crippen LogP) is 7.33. The zero-order valence-corrected chi connectivity index (χ0v) is 23.3. The van der Waals surface area contributed by atoms with Gasteiger partial charge in [-0.25, -0.2) is 0 Å². The van der Waals surface area contributed by atoms with Crippen molar-refractivity contribution in [2.75, 3.05) is 11.4 Å². The zero-order chi connectivity index (χ0) is 27.4. The summed E-state index contributed by atoms with van der Waals surface area (Å²) in [6, 6.07) is 22.1. The molecule has 0 heterocycles. The number of halogens is 3. The number of amides is 1. The molecule has 0 aromatic heterocycles. The summed E-state index contributed by atoms with van der Waals surface area (Å²) in [5.41, 5.74) is 0.977. The smallest absolute Gasteiger partial charge is 0.323 e. The van der Waals surface area contributed by atoms with E-state index in [1.807, 2.05) is 0 Å². The van der Waals surface area contributed by atoms with Gasteiger partial charge in [-0.1, -0.05) is 41.9 Å². The van der Waals surface area contributed by atoms with Crippen molar-refractivity contribution in [1.82, 2.24) is 0 Å². The highest BCUT2D eigenvalue weighted by molar-refractivity contribution is 9.11. The maximum absolute atomic E-state index is 13.1. The number of carboxylic acids is 1. The van der Waals surface area contributed by atoms with Crippen molar-refractivity contribution >= 4 is 66.8 Å². The van der Waals surface area contributed by atoms with E-state index in [9.17, 15) is 24.6 Å². The lowest BCUT2D eigenvalue weighted by molar-refractivity contribution is -0.135. The number of benzene rings is 4. The number of aromatic hydroxyl groups is 1. The number of hydrogen-bond donors (Lipinski definition) is 2. The van der Waals surface area contributed by atoms with Gasteiger partial charge in [0.05, 0.1) is 14.5 Å². The topological polar surface area (TPSA) is 104 Å². The fourth-order valence-electron chi connectivity index (χ4n) is 3.62. The number of hydrogen-bond acceptors (Lipinski definition) is 5. The second kappa shape index (κ2) is 11.8. The lowest BCUT2D eigenvalue weighted by Crippen LogP contribution is -2.35. The van der Waals surface area contributed by atoms with Gasteiger partial charge in [-0.2, -0.15) is 0 Å². The molecule has 0 saturated heterocycles. The van der Waals surface area contributed by atoms with Crippen LogP contribution in [0, 0.1) is 0 Å². The number of carbonyl (C=O) groups is 3. The second-order valence-electron chi connectivity index (χ2n) is 8.01. The van der Waals surface area contributed by atoms with E-state index in [1.54, 1.807) is 60.7 Å². The van der Waals surface area contributed by atoms with Gasteiger partial charge in [0.1, 0.15) is 18.0 Å². The van der Waals surface area contributed by atoms with E-state index < -0.39 is 24.2 Å². The molecular weight excluding hydrogens is 642 g/mol. The summed E-state index contributed by atoms with van der Waals surface area (Å²) in [5, 5.41) is 20.1. The summed E-state index contributed by atoms with van der Waals surface area (Å²) in [6.07, 6.45) is 0. The summed E-state index contributed by atoms with van der Waals surface area (Å²) in [7, 11) is 0. The van der Waals surface area contributed by atoms with E-state index >= 15 is 0 Å². The first kappa shape index (κ1) is 27.4. The standard InChI is InChI=1S/C28H18Br2ClNO6/c29-22-12-19(32(15-25(34)35)28(37)16-5-2-1-3-6-16)13-23(30)27(22)38-20-9-10-24(33)21(14-20)26(36)17-7-4-8-18(31)11-17/h1-14,33H,15H2,(H,34,35). The van der Waals surface area contributed by atoms with Crippen molar-refractivity contribution in [2.24, 2.45) is 0 Å². The number of phenolic OH excluding ortho intramolecular Hbond substituents is 1. The SMILES string of the molecule is O=C(O)CN(C(=O)c1ccccc1)c1cc(Br)c(Oc2ccc(O)c(C(=O)c3cccc(Cl)c3)c2)c(Br)c1. The molecule has 2 N–H and O–H groups in total. The molecule has 4 rings (SSSR count). The highest BCUT2D eigenvalue weighted by atomic mass is 79.9. The molecule has 10 heteroatoms. The molecule has 4 aromatic carbocycles. The Morgan fingerprint density at radius 1 is 0.842 bits per heavy atom. The Labute approximate surface area is 239 Å². The van der Waals surface area contributed by atoms with Crippen molar-refractivity contribution in [3.05, 3.63) is 116 Å². The summed E-state index contributed by atoms with van der Waals surface area (Å²) < 4.78 is 6.83. The third-order valence-corrected chi connectivity index (χ3v) is 6.79. The number of ketones is 1. The number of phenols is 1. The number of rotatable bonds is 8. The molecular formula is C28H18Br2ClNO6. The van der Waals surface area contributed by atoms with Crippen molar-refractivity contribution in [2.45, 2.75) is 0 Å². The molecule has 38 heavy (non-hydrogen) atoms. The van der Waals surface area contributed by atoms with Gasteiger partial charge in [0.2, 0.25) is 0 Å². The highest BCUT2D eigenvalue weighted by Crippen LogP contribution is 2.41. The number of ether oxygens (including phenoxy) is 1. The van der Waals surface area contributed by atoms with Crippen LogP contribution >= 0.6 is 43.5 Å². The van der Waals surface area contributed by atoms with Crippen LogP contribution in [0.4, 0.5) is 5.69 Å². The minimum Gasteiger partial charge on any atom is -0.507 e. The van der Waals surface area contributed by atoms with E-state index in [0.717, 1.165) is 4.90 Å². The molecule has 0 aliphatic carbocycles. The van der Waals surface area contributed by atoms with Gasteiger partial charge in [-0.05, 0) is 86.5 Å². The minimum absolute atomic E-state index is 0.0229. The molecule has 1 amide bonds. The van der Waals surface area contributed by atoms with Gasteiger partial charge in [0, 0.05) is 21.8 Å². The molecule has 0 spiro atoms. The Kier molecular flexibility index (Phi) is 8.51. The maximum Gasteiger partial charge on any atom is 0.323 e. The van der Waals surface area contributed by atoms with Crippen LogP contribution in [0.15, 0.2) is 93.9 Å².